The number of hydrogen-bond donors (Lipinski definition) is 1. The molecule has 2 aliphatic rings. The second kappa shape index (κ2) is 9.56. The van der Waals surface area contributed by atoms with Gasteiger partial charge in [-0.15, -0.1) is 0 Å². The molecule has 0 unspecified atom stereocenters. The zero-order chi connectivity index (χ0) is 23.6. The van der Waals surface area contributed by atoms with Gasteiger partial charge in [-0.3, -0.25) is 4.79 Å². The van der Waals surface area contributed by atoms with Crippen LogP contribution >= 0.6 is 0 Å². The lowest BCUT2D eigenvalue weighted by Gasteiger charge is -2.34. The van der Waals surface area contributed by atoms with Crippen LogP contribution in [0, 0.1) is 5.41 Å². The van der Waals surface area contributed by atoms with Crippen LogP contribution < -0.4 is 0 Å². The standard InChI is InChI=1S/C26H38O5/c1-16(12-13-20-25(5,6)31-20)10-9-11-17(2)14-15-26(7)19(4)21(24(29)30-8)22(27)18(3)23(26)28/h10,14,20,27H,9,11-13,15H2,1-8H3/b16-10+,17-14-/t20-,26+/m0/s1. The summed E-state index contributed by atoms with van der Waals surface area (Å²) in [6, 6.07) is 0. The van der Waals surface area contributed by atoms with Crippen molar-refractivity contribution in [1.82, 2.24) is 0 Å². The van der Waals surface area contributed by atoms with Crippen LogP contribution in [0.15, 0.2) is 45.8 Å². The number of allylic oxidation sites excluding steroid dienone is 6. The third kappa shape index (κ3) is 5.57. The quantitative estimate of drug-likeness (QED) is 0.279. The summed E-state index contributed by atoms with van der Waals surface area (Å²) >= 11 is 0. The second-order valence-electron chi connectivity index (χ2n) is 9.72. The number of ether oxygens (including phenoxy) is 2. The van der Waals surface area contributed by atoms with Gasteiger partial charge < -0.3 is 14.6 Å². The van der Waals surface area contributed by atoms with E-state index in [-0.39, 0.29) is 28.3 Å². The van der Waals surface area contributed by atoms with Gasteiger partial charge in [-0.25, -0.2) is 4.79 Å². The Bertz CT molecular complexity index is 868. The largest absolute Gasteiger partial charge is 0.507 e. The van der Waals surface area contributed by atoms with E-state index in [1.165, 1.54) is 18.3 Å². The Hall–Kier alpha value is -2.14. The third-order valence-electron chi connectivity index (χ3n) is 6.88. The molecule has 5 nitrogen and oxygen atoms in total. The predicted molar refractivity (Wildman–Crippen MR) is 123 cm³/mol. The molecule has 0 bridgehead atoms. The van der Waals surface area contributed by atoms with Gasteiger partial charge in [0.25, 0.3) is 0 Å². The summed E-state index contributed by atoms with van der Waals surface area (Å²) in [5, 5.41) is 10.3. The van der Waals surface area contributed by atoms with Crippen molar-refractivity contribution in [2.24, 2.45) is 5.41 Å². The van der Waals surface area contributed by atoms with E-state index in [9.17, 15) is 14.7 Å². The molecular weight excluding hydrogens is 392 g/mol. The van der Waals surface area contributed by atoms with Gasteiger partial charge in [0.05, 0.1) is 24.2 Å². The first-order valence-corrected chi connectivity index (χ1v) is 11.1. The molecule has 2 atom stereocenters. The summed E-state index contributed by atoms with van der Waals surface area (Å²) in [5.41, 5.74) is 2.63. The van der Waals surface area contributed by atoms with E-state index in [4.69, 9.17) is 9.47 Å². The number of esters is 1. The second-order valence-corrected chi connectivity index (χ2v) is 9.72. The normalized spacial score (nSPS) is 26.5. The van der Waals surface area contributed by atoms with Gasteiger partial charge in [0.2, 0.25) is 0 Å². The van der Waals surface area contributed by atoms with Gasteiger partial charge >= 0.3 is 5.97 Å². The first-order chi connectivity index (χ1) is 14.3. The summed E-state index contributed by atoms with van der Waals surface area (Å²) in [7, 11) is 1.27. The summed E-state index contributed by atoms with van der Waals surface area (Å²) in [6.07, 6.45) is 9.22. The highest BCUT2D eigenvalue weighted by Crippen LogP contribution is 2.43. The fourth-order valence-electron chi connectivity index (χ4n) is 4.16. The van der Waals surface area contributed by atoms with Crippen LogP contribution in [0.25, 0.3) is 0 Å². The smallest absolute Gasteiger partial charge is 0.341 e. The predicted octanol–water partition coefficient (Wildman–Crippen LogP) is 5.92. The Labute approximate surface area is 186 Å². The van der Waals surface area contributed by atoms with Crippen molar-refractivity contribution < 1.29 is 24.2 Å². The number of hydrogen-bond acceptors (Lipinski definition) is 5. The number of methoxy groups -OCH3 is 1. The maximum absolute atomic E-state index is 13.0. The Morgan fingerprint density at radius 1 is 1.13 bits per heavy atom. The van der Waals surface area contributed by atoms with E-state index in [0.29, 0.717) is 18.1 Å². The molecule has 1 aliphatic carbocycles. The number of aliphatic hydroxyl groups excluding tert-OH is 1. The average Bonchev–Trinajstić information content (AvgIpc) is 3.34. The van der Waals surface area contributed by atoms with E-state index >= 15 is 0 Å². The Morgan fingerprint density at radius 2 is 1.71 bits per heavy atom. The molecule has 0 aromatic carbocycles. The van der Waals surface area contributed by atoms with Crippen LogP contribution in [0.1, 0.15) is 80.6 Å². The lowest BCUT2D eigenvalue weighted by molar-refractivity contribution is -0.136. The monoisotopic (exact) mass is 430 g/mol. The molecule has 172 valence electrons. The van der Waals surface area contributed by atoms with Crippen LogP contribution in [0.4, 0.5) is 0 Å². The highest BCUT2D eigenvalue weighted by molar-refractivity contribution is 6.08. The molecule has 1 N–H and O–H groups in total. The number of epoxide rings is 1. The van der Waals surface area contributed by atoms with E-state index in [1.807, 2.05) is 6.92 Å². The lowest BCUT2D eigenvalue weighted by Crippen LogP contribution is -2.36. The summed E-state index contributed by atoms with van der Waals surface area (Å²) in [4.78, 5) is 25.2. The summed E-state index contributed by atoms with van der Waals surface area (Å²) in [5.74, 6) is -1.04. The molecule has 0 aromatic heterocycles. The van der Waals surface area contributed by atoms with Crippen LogP contribution in [0.3, 0.4) is 0 Å². The van der Waals surface area contributed by atoms with Crippen molar-refractivity contribution in [3.63, 3.8) is 0 Å². The highest BCUT2D eigenvalue weighted by Gasteiger charge is 2.47. The fourth-order valence-corrected chi connectivity index (χ4v) is 4.16. The average molecular weight is 431 g/mol. The molecule has 0 amide bonds. The van der Waals surface area contributed by atoms with Gasteiger partial charge in [0.15, 0.2) is 5.78 Å². The molecule has 0 aromatic rings. The van der Waals surface area contributed by atoms with Crippen LogP contribution in [0.5, 0.6) is 0 Å². The van der Waals surface area contributed by atoms with Crippen LogP contribution in [-0.4, -0.2) is 35.7 Å². The number of aliphatic hydroxyl groups is 1. The van der Waals surface area contributed by atoms with Gasteiger partial charge in [0, 0.05) is 5.57 Å². The zero-order valence-corrected chi connectivity index (χ0v) is 20.3. The van der Waals surface area contributed by atoms with Gasteiger partial charge in [-0.05, 0) is 86.1 Å². The molecule has 1 saturated heterocycles. The molecule has 1 heterocycles. The summed E-state index contributed by atoms with van der Waals surface area (Å²) < 4.78 is 10.5. The third-order valence-corrected chi connectivity index (χ3v) is 6.88. The molecular formula is C26H38O5. The van der Waals surface area contributed by atoms with Crippen molar-refractivity contribution in [3.8, 4) is 0 Å². The minimum Gasteiger partial charge on any atom is -0.507 e. The van der Waals surface area contributed by atoms with Crippen LogP contribution in [-0.2, 0) is 19.1 Å². The Balaban J connectivity index is 2.00. The van der Waals surface area contributed by atoms with E-state index in [2.05, 4.69) is 39.8 Å². The van der Waals surface area contributed by atoms with Crippen molar-refractivity contribution >= 4 is 11.8 Å². The molecule has 2 rings (SSSR count). The van der Waals surface area contributed by atoms with E-state index in [0.717, 1.165) is 25.7 Å². The zero-order valence-electron chi connectivity index (χ0n) is 20.3. The first kappa shape index (κ1) is 25.1. The number of carbonyl (C=O) groups is 2. The van der Waals surface area contributed by atoms with Gasteiger partial charge in [0.1, 0.15) is 11.3 Å². The topological polar surface area (TPSA) is 76.1 Å². The molecule has 0 saturated carbocycles. The van der Waals surface area contributed by atoms with Gasteiger partial charge in [-0.1, -0.05) is 23.3 Å². The lowest BCUT2D eigenvalue weighted by atomic mass is 9.68. The van der Waals surface area contributed by atoms with E-state index in [1.54, 1.807) is 13.8 Å². The van der Waals surface area contributed by atoms with E-state index < -0.39 is 11.4 Å². The minimum absolute atomic E-state index is 0.0525. The minimum atomic E-state index is -0.871. The highest BCUT2D eigenvalue weighted by atomic mass is 16.6. The van der Waals surface area contributed by atoms with Crippen molar-refractivity contribution in [2.75, 3.05) is 7.11 Å². The number of ketones is 1. The molecule has 0 radical (unpaired) electrons. The van der Waals surface area contributed by atoms with Gasteiger partial charge in [-0.2, -0.15) is 0 Å². The number of Topliss-reactive ketones (excluding diaryl/α,β-unsaturated/α-hetero) is 1. The Kier molecular flexibility index (Phi) is 7.75. The molecule has 0 spiro atoms. The van der Waals surface area contributed by atoms with Crippen molar-refractivity contribution in [2.45, 2.75) is 92.3 Å². The summed E-state index contributed by atoms with van der Waals surface area (Å²) in [6.45, 7) is 13.6. The maximum atomic E-state index is 13.0. The first-order valence-electron chi connectivity index (χ1n) is 11.1. The Morgan fingerprint density at radius 3 is 2.26 bits per heavy atom. The molecule has 1 fully saturated rings. The fraction of sp³-hybridized carbons (Fsp3) is 0.615. The van der Waals surface area contributed by atoms with Crippen LogP contribution in [0.2, 0.25) is 0 Å². The SMILES string of the molecule is COC(=O)C1=C(C)[C@@](C)(C/C=C(/C)CC/C=C(\C)CC[C@@H]2OC2(C)C)C(=O)C(C)=C1O. The number of carbonyl (C=O) groups excluding carboxylic acids is 2. The van der Waals surface area contributed by atoms with Crippen molar-refractivity contribution in [3.05, 3.63) is 45.8 Å². The molecule has 5 heteroatoms. The maximum Gasteiger partial charge on any atom is 0.341 e. The van der Waals surface area contributed by atoms with Crippen molar-refractivity contribution in [1.29, 1.82) is 0 Å². The number of rotatable bonds is 9. The molecule has 1 aliphatic heterocycles. The molecule has 31 heavy (non-hydrogen) atoms.